The molecule has 6 amide bonds. The van der Waals surface area contributed by atoms with Gasteiger partial charge in [-0.25, -0.2) is 38.8 Å². The topological polar surface area (TPSA) is 218 Å². The first-order valence-corrected chi connectivity index (χ1v) is 17.3. The smallest absolute Gasteiger partial charge is 0.411 e. The Bertz CT molecular complexity index is 1950. The second-order valence-electron chi connectivity index (χ2n) is 12.1. The fraction of sp³-hybridized carbons (Fsp3) is 0.231. The first kappa shape index (κ1) is 38.9. The number of urea groups is 2. The molecule has 0 fully saturated rings. The summed E-state index contributed by atoms with van der Waals surface area (Å²) in [6.45, 7) is 1.20. The van der Waals surface area contributed by atoms with Crippen molar-refractivity contribution in [2.24, 2.45) is 9.98 Å². The molecule has 0 bridgehead atoms. The van der Waals surface area contributed by atoms with E-state index in [1.807, 2.05) is 36.4 Å². The molecule has 4 aromatic rings. The molecular formula is C39H38N8O8. The zero-order valence-electron chi connectivity index (χ0n) is 29.6. The van der Waals surface area contributed by atoms with Crippen LogP contribution >= 0.6 is 0 Å². The summed E-state index contributed by atoms with van der Waals surface area (Å²) in [6, 6.07) is 24.2. The Balaban J connectivity index is 0.954. The lowest BCUT2D eigenvalue weighted by atomic mass is 10.1. The molecule has 0 heterocycles. The van der Waals surface area contributed by atoms with Crippen LogP contribution in [0.1, 0.15) is 35.1 Å². The number of nitrogens with one attached hydrogen (secondary N) is 6. The molecule has 0 aromatic heterocycles. The number of rotatable bonds is 16. The zero-order valence-corrected chi connectivity index (χ0v) is 29.6. The van der Waals surface area contributed by atoms with Crippen LogP contribution in [0.4, 0.5) is 41.9 Å². The van der Waals surface area contributed by atoms with Gasteiger partial charge in [0.2, 0.25) is 12.2 Å². The first-order valence-electron chi connectivity index (χ1n) is 17.3. The molecule has 16 nitrogen and oxygen atoms in total. The van der Waals surface area contributed by atoms with E-state index in [0.29, 0.717) is 42.0 Å². The maximum atomic E-state index is 12.5. The van der Waals surface area contributed by atoms with Gasteiger partial charge in [-0.05, 0) is 101 Å². The SMILES string of the molecule is O=C=NCc1ccc(NC(=O)OCCCNC(=O)Nc2ccc3c(c2)Cc2cc(NC(=O)NCCCOC(=O)Nc4ccc(CN=C=O)cc4)ccc2-3)cc1. The van der Waals surface area contributed by atoms with Crippen molar-refractivity contribution in [3.05, 3.63) is 107 Å². The molecule has 282 valence electrons. The fourth-order valence-electron chi connectivity index (χ4n) is 5.54. The largest absolute Gasteiger partial charge is 0.449 e. The van der Waals surface area contributed by atoms with Gasteiger partial charge in [-0.3, -0.25) is 10.6 Å². The molecule has 1 aliphatic carbocycles. The minimum Gasteiger partial charge on any atom is -0.449 e. The summed E-state index contributed by atoms with van der Waals surface area (Å²) < 4.78 is 10.3. The van der Waals surface area contributed by atoms with Crippen molar-refractivity contribution in [2.75, 3.05) is 47.6 Å². The van der Waals surface area contributed by atoms with E-state index in [0.717, 1.165) is 33.4 Å². The van der Waals surface area contributed by atoms with E-state index in [2.05, 4.69) is 41.9 Å². The van der Waals surface area contributed by atoms with Crippen LogP contribution in [0.25, 0.3) is 11.1 Å². The van der Waals surface area contributed by atoms with Crippen LogP contribution in [0, 0.1) is 0 Å². The molecule has 0 saturated heterocycles. The van der Waals surface area contributed by atoms with E-state index in [4.69, 9.17) is 9.47 Å². The molecule has 0 aliphatic heterocycles. The number of ether oxygens (including phenoxy) is 2. The van der Waals surface area contributed by atoms with Gasteiger partial charge >= 0.3 is 24.2 Å². The second-order valence-corrected chi connectivity index (χ2v) is 12.1. The summed E-state index contributed by atoms with van der Waals surface area (Å²) >= 11 is 0. The van der Waals surface area contributed by atoms with Gasteiger partial charge in [-0.15, -0.1) is 0 Å². The van der Waals surface area contributed by atoms with Crippen molar-refractivity contribution in [2.45, 2.75) is 32.4 Å². The summed E-state index contributed by atoms with van der Waals surface area (Å²) in [5.41, 5.74) is 8.06. The van der Waals surface area contributed by atoms with Crippen molar-refractivity contribution < 1.29 is 38.2 Å². The predicted octanol–water partition coefficient (Wildman–Crippen LogP) is 6.45. The van der Waals surface area contributed by atoms with Gasteiger partial charge < -0.3 is 30.7 Å². The van der Waals surface area contributed by atoms with E-state index < -0.39 is 24.2 Å². The van der Waals surface area contributed by atoms with Gasteiger partial charge in [-0.1, -0.05) is 36.4 Å². The maximum Gasteiger partial charge on any atom is 0.411 e. The van der Waals surface area contributed by atoms with Gasteiger partial charge in [-0.2, -0.15) is 0 Å². The van der Waals surface area contributed by atoms with Gasteiger partial charge in [0.25, 0.3) is 0 Å². The van der Waals surface area contributed by atoms with E-state index in [1.54, 1.807) is 48.5 Å². The average molecular weight is 747 g/mol. The third-order valence-corrected chi connectivity index (χ3v) is 8.13. The number of hydrogen-bond donors (Lipinski definition) is 6. The standard InChI is InChI=1S/C39H38N8O8/c48-24-40-22-26-3-7-30(8-4-26)46-38(52)54-17-1-15-42-36(50)44-32-11-13-34-28(20-32)19-29-21-33(12-14-35(29)34)45-37(51)43-16-2-18-55-39(53)47-31-9-5-27(6-10-31)23-41-25-49/h3-14,20-21H,1-2,15-19,22-23H2,(H,46,52)(H,47,53)(H2,42,44,50)(H2,43,45,51). The van der Waals surface area contributed by atoms with Crippen LogP contribution < -0.4 is 31.9 Å². The van der Waals surface area contributed by atoms with E-state index in [-0.39, 0.29) is 39.4 Å². The van der Waals surface area contributed by atoms with Crippen molar-refractivity contribution in [3.8, 4) is 11.1 Å². The first-order chi connectivity index (χ1) is 26.8. The Morgan fingerprint density at radius 3 is 1.35 bits per heavy atom. The molecule has 55 heavy (non-hydrogen) atoms. The van der Waals surface area contributed by atoms with Crippen LogP contribution in [-0.4, -0.2) is 62.7 Å². The van der Waals surface area contributed by atoms with Gasteiger partial charge in [0.15, 0.2) is 0 Å². The summed E-state index contributed by atoms with van der Waals surface area (Å²) in [5.74, 6) is 0. The quantitative estimate of drug-likeness (QED) is 0.0374. The lowest BCUT2D eigenvalue weighted by Crippen LogP contribution is -2.30. The summed E-state index contributed by atoms with van der Waals surface area (Å²) in [4.78, 5) is 76.5. The molecule has 5 rings (SSSR count). The van der Waals surface area contributed by atoms with Gasteiger partial charge in [0, 0.05) is 35.8 Å². The highest BCUT2D eigenvalue weighted by Gasteiger charge is 2.20. The minimum atomic E-state index is -0.625. The number of aliphatic imine (C=N–C) groups is 2. The van der Waals surface area contributed by atoms with Crippen LogP contribution in [0.5, 0.6) is 0 Å². The normalized spacial score (nSPS) is 10.6. The number of benzene rings is 4. The lowest BCUT2D eigenvalue weighted by Gasteiger charge is -2.10. The van der Waals surface area contributed by atoms with Crippen LogP contribution in [0.2, 0.25) is 0 Å². The molecule has 0 radical (unpaired) electrons. The number of carbonyl (C=O) groups excluding carboxylic acids is 6. The number of isocyanates is 2. The van der Waals surface area contributed by atoms with Gasteiger partial charge in [0.05, 0.1) is 26.3 Å². The minimum absolute atomic E-state index is 0.101. The van der Waals surface area contributed by atoms with E-state index in [1.165, 1.54) is 12.2 Å². The number of fused-ring (bicyclic) bond motifs is 3. The lowest BCUT2D eigenvalue weighted by molar-refractivity contribution is 0.159. The van der Waals surface area contributed by atoms with Crippen molar-refractivity contribution >= 4 is 59.2 Å². The predicted molar refractivity (Wildman–Crippen MR) is 204 cm³/mol. The molecule has 0 unspecified atom stereocenters. The zero-order chi connectivity index (χ0) is 38.8. The molecule has 6 N–H and O–H groups in total. The van der Waals surface area contributed by atoms with Crippen LogP contribution in [-0.2, 0) is 38.6 Å². The Morgan fingerprint density at radius 1 is 0.545 bits per heavy atom. The average Bonchev–Trinajstić information content (AvgIpc) is 3.54. The summed E-state index contributed by atoms with van der Waals surface area (Å²) in [5, 5.41) is 16.4. The summed E-state index contributed by atoms with van der Waals surface area (Å²) in [7, 11) is 0. The number of hydrogen-bond acceptors (Lipinski definition) is 10. The molecule has 1 aliphatic rings. The highest BCUT2D eigenvalue weighted by Crippen LogP contribution is 2.39. The summed E-state index contributed by atoms with van der Waals surface area (Å²) in [6.07, 6.45) is 3.14. The van der Waals surface area contributed by atoms with Crippen molar-refractivity contribution in [3.63, 3.8) is 0 Å². The Labute approximate surface area is 315 Å². The number of anilines is 4. The van der Waals surface area contributed by atoms with Crippen molar-refractivity contribution in [1.29, 1.82) is 0 Å². The van der Waals surface area contributed by atoms with Crippen LogP contribution in [0.3, 0.4) is 0 Å². The monoisotopic (exact) mass is 746 g/mol. The number of amides is 6. The molecule has 0 atom stereocenters. The Morgan fingerprint density at radius 2 is 0.945 bits per heavy atom. The molecule has 0 spiro atoms. The number of nitrogens with zero attached hydrogens (tertiary/aromatic N) is 2. The van der Waals surface area contributed by atoms with Crippen molar-refractivity contribution in [1.82, 2.24) is 10.6 Å². The van der Waals surface area contributed by atoms with Gasteiger partial charge in [0.1, 0.15) is 0 Å². The Hall–Kier alpha value is -7.28. The third kappa shape index (κ3) is 12.4. The fourth-order valence-corrected chi connectivity index (χ4v) is 5.54. The Kier molecular flexibility index (Phi) is 14.2. The molecule has 0 saturated carbocycles. The molecule has 16 heteroatoms. The third-order valence-electron chi connectivity index (χ3n) is 8.13. The van der Waals surface area contributed by atoms with E-state index in [9.17, 15) is 28.8 Å². The highest BCUT2D eigenvalue weighted by molar-refractivity contribution is 5.92. The molecule has 4 aromatic carbocycles. The van der Waals surface area contributed by atoms with Crippen LogP contribution in [0.15, 0.2) is 94.9 Å². The molecular weight excluding hydrogens is 708 g/mol. The van der Waals surface area contributed by atoms with E-state index >= 15 is 0 Å². The highest BCUT2D eigenvalue weighted by atomic mass is 16.6. The second kappa shape index (κ2) is 20.1. The maximum absolute atomic E-state index is 12.5. The number of carbonyl (C=O) groups is 4.